The Bertz CT molecular complexity index is 441. The van der Waals surface area contributed by atoms with Gasteiger partial charge < -0.3 is 10.1 Å². The molecule has 0 radical (unpaired) electrons. The van der Waals surface area contributed by atoms with Gasteiger partial charge >= 0.3 is 0 Å². The van der Waals surface area contributed by atoms with Crippen LogP contribution in [0.4, 0.5) is 0 Å². The molecule has 1 N–H and O–H groups in total. The third-order valence-corrected chi connectivity index (χ3v) is 4.94. The first-order valence-corrected chi connectivity index (χ1v) is 7.97. The molecule has 20 heavy (non-hydrogen) atoms. The van der Waals surface area contributed by atoms with Crippen LogP contribution in [0.5, 0.6) is 5.75 Å². The lowest BCUT2D eigenvalue weighted by atomic mass is 9.81. The van der Waals surface area contributed by atoms with Crippen molar-refractivity contribution in [2.24, 2.45) is 5.92 Å². The number of methoxy groups -OCH3 is 1. The normalized spacial score (nSPS) is 23.4. The summed E-state index contributed by atoms with van der Waals surface area (Å²) < 4.78 is 5.76. The van der Waals surface area contributed by atoms with Crippen molar-refractivity contribution in [1.82, 2.24) is 5.32 Å². The molecule has 2 rings (SSSR count). The number of hydrogen-bond donors (Lipinski definition) is 1. The molecule has 2 nitrogen and oxygen atoms in total. The highest BCUT2D eigenvalue weighted by atomic mass is 16.5. The van der Waals surface area contributed by atoms with E-state index < -0.39 is 0 Å². The third-order valence-electron chi connectivity index (χ3n) is 4.94. The second-order valence-corrected chi connectivity index (χ2v) is 6.19. The minimum atomic E-state index is 0.638. The molecule has 1 aromatic rings. The van der Waals surface area contributed by atoms with Crippen LogP contribution < -0.4 is 10.1 Å². The standard InChI is InChI=1S/C18H29NO/c1-13-10-11-17(18(20-4)14(13)2)16-9-7-5-6-8-15(16)12-19-3/h10-11,15-16,19H,5-9,12H2,1-4H3. The zero-order chi connectivity index (χ0) is 14.5. The zero-order valence-corrected chi connectivity index (χ0v) is 13.5. The van der Waals surface area contributed by atoms with Gasteiger partial charge in [-0.1, -0.05) is 31.4 Å². The second-order valence-electron chi connectivity index (χ2n) is 6.19. The molecular weight excluding hydrogens is 246 g/mol. The van der Waals surface area contributed by atoms with E-state index in [1.807, 2.05) is 7.11 Å². The van der Waals surface area contributed by atoms with Crippen molar-refractivity contribution in [2.45, 2.75) is 51.9 Å². The van der Waals surface area contributed by atoms with Crippen LogP contribution in [-0.2, 0) is 0 Å². The van der Waals surface area contributed by atoms with Crippen molar-refractivity contribution < 1.29 is 4.74 Å². The summed E-state index contributed by atoms with van der Waals surface area (Å²) in [5, 5.41) is 3.39. The van der Waals surface area contributed by atoms with E-state index in [1.165, 1.54) is 48.8 Å². The molecule has 0 saturated heterocycles. The quantitative estimate of drug-likeness (QED) is 0.832. The van der Waals surface area contributed by atoms with E-state index in [-0.39, 0.29) is 0 Å². The predicted octanol–water partition coefficient (Wildman–Crippen LogP) is 4.20. The maximum absolute atomic E-state index is 5.76. The molecule has 2 unspecified atom stereocenters. The van der Waals surface area contributed by atoms with E-state index in [0.29, 0.717) is 5.92 Å². The van der Waals surface area contributed by atoms with Gasteiger partial charge in [0.2, 0.25) is 0 Å². The first-order valence-electron chi connectivity index (χ1n) is 7.97. The number of rotatable bonds is 4. The van der Waals surface area contributed by atoms with Crippen molar-refractivity contribution in [3.8, 4) is 5.75 Å². The number of nitrogens with one attached hydrogen (secondary N) is 1. The number of benzene rings is 1. The van der Waals surface area contributed by atoms with E-state index in [1.54, 1.807) is 0 Å². The average molecular weight is 275 g/mol. The Balaban J connectivity index is 2.38. The van der Waals surface area contributed by atoms with Gasteiger partial charge in [-0.3, -0.25) is 0 Å². The van der Waals surface area contributed by atoms with E-state index in [0.717, 1.165) is 18.2 Å². The Labute approximate surface area is 123 Å². The highest BCUT2D eigenvalue weighted by Gasteiger charge is 2.27. The van der Waals surface area contributed by atoms with Crippen molar-refractivity contribution in [1.29, 1.82) is 0 Å². The SMILES string of the molecule is CNCC1CCCCCC1c1ccc(C)c(C)c1OC. The van der Waals surface area contributed by atoms with E-state index in [9.17, 15) is 0 Å². The highest BCUT2D eigenvalue weighted by molar-refractivity contribution is 5.47. The van der Waals surface area contributed by atoms with Crippen LogP contribution >= 0.6 is 0 Å². The molecule has 1 aliphatic rings. The Hall–Kier alpha value is -1.02. The predicted molar refractivity (Wildman–Crippen MR) is 85.7 cm³/mol. The third kappa shape index (κ3) is 3.17. The number of aryl methyl sites for hydroxylation is 1. The summed E-state index contributed by atoms with van der Waals surface area (Å²) in [6.07, 6.45) is 6.73. The molecule has 0 aromatic heterocycles. The highest BCUT2D eigenvalue weighted by Crippen LogP contribution is 2.41. The smallest absolute Gasteiger partial charge is 0.125 e. The van der Waals surface area contributed by atoms with Crippen LogP contribution in [0.25, 0.3) is 0 Å². The Kier molecular flexibility index (Phi) is 5.47. The maximum atomic E-state index is 5.76. The van der Waals surface area contributed by atoms with Crippen LogP contribution in [0.1, 0.15) is 54.7 Å². The average Bonchev–Trinajstić information content (AvgIpc) is 2.68. The molecule has 2 heteroatoms. The van der Waals surface area contributed by atoms with E-state index in [4.69, 9.17) is 4.74 Å². The second kappa shape index (κ2) is 7.12. The summed E-state index contributed by atoms with van der Waals surface area (Å²) in [4.78, 5) is 0. The van der Waals surface area contributed by atoms with Crippen LogP contribution in [0.15, 0.2) is 12.1 Å². The summed E-state index contributed by atoms with van der Waals surface area (Å²) in [7, 11) is 3.88. The molecule has 0 aliphatic heterocycles. The van der Waals surface area contributed by atoms with E-state index >= 15 is 0 Å². The van der Waals surface area contributed by atoms with Gasteiger partial charge in [-0.15, -0.1) is 0 Å². The maximum Gasteiger partial charge on any atom is 0.125 e. The van der Waals surface area contributed by atoms with Gasteiger partial charge in [0.1, 0.15) is 5.75 Å². The van der Waals surface area contributed by atoms with Crippen LogP contribution in [0.2, 0.25) is 0 Å². The molecule has 0 bridgehead atoms. The number of ether oxygens (including phenoxy) is 1. The minimum absolute atomic E-state index is 0.638. The summed E-state index contributed by atoms with van der Waals surface area (Å²) in [6.45, 7) is 5.46. The van der Waals surface area contributed by atoms with Crippen molar-refractivity contribution in [3.63, 3.8) is 0 Å². The van der Waals surface area contributed by atoms with Gasteiger partial charge in [-0.2, -0.15) is 0 Å². The lowest BCUT2D eigenvalue weighted by Crippen LogP contribution is -2.24. The molecule has 112 valence electrons. The Morgan fingerprint density at radius 2 is 1.90 bits per heavy atom. The monoisotopic (exact) mass is 275 g/mol. The largest absolute Gasteiger partial charge is 0.496 e. The van der Waals surface area contributed by atoms with Crippen molar-refractivity contribution in [2.75, 3.05) is 20.7 Å². The Morgan fingerprint density at radius 3 is 2.60 bits per heavy atom. The van der Waals surface area contributed by atoms with Crippen LogP contribution in [-0.4, -0.2) is 20.7 Å². The first kappa shape index (κ1) is 15.4. The zero-order valence-electron chi connectivity index (χ0n) is 13.5. The van der Waals surface area contributed by atoms with E-state index in [2.05, 4.69) is 38.3 Å². The van der Waals surface area contributed by atoms with Gasteiger partial charge in [0.05, 0.1) is 7.11 Å². The first-order chi connectivity index (χ1) is 9.69. The van der Waals surface area contributed by atoms with Gasteiger partial charge in [0.25, 0.3) is 0 Å². The molecule has 1 aliphatic carbocycles. The molecule has 0 amide bonds. The van der Waals surface area contributed by atoms with Gasteiger partial charge in [-0.05, 0) is 68.8 Å². The summed E-state index contributed by atoms with van der Waals surface area (Å²) in [5.74, 6) is 2.50. The lowest BCUT2D eigenvalue weighted by molar-refractivity contribution is 0.359. The molecule has 1 fully saturated rings. The number of hydrogen-bond acceptors (Lipinski definition) is 2. The molecule has 1 aromatic carbocycles. The fourth-order valence-electron chi connectivity index (χ4n) is 3.67. The summed E-state index contributed by atoms with van der Waals surface area (Å²) in [6, 6.07) is 4.56. The van der Waals surface area contributed by atoms with Crippen LogP contribution in [0, 0.1) is 19.8 Å². The molecular formula is C18H29NO. The Morgan fingerprint density at radius 1 is 1.15 bits per heavy atom. The van der Waals surface area contributed by atoms with Gasteiger partial charge in [0.15, 0.2) is 0 Å². The lowest BCUT2D eigenvalue weighted by Gasteiger charge is -2.28. The fourth-order valence-corrected chi connectivity index (χ4v) is 3.67. The summed E-state index contributed by atoms with van der Waals surface area (Å²) in [5.41, 5.74) is 4.06. The van der Waals surface area contributed by atoms with Gasteiger partial charge in [-0.25, -0.2) is 0 Å². The molecule has 0 heterocycles. The van der Waals surface area contributed by atoms with Crippen molar-refractivity contribution in [3.05, 3.63) is 28.8 Å². The minimum Gasteiger partial charge on any atom is -0.496 e. The molecule has 0 spiro atoms. The van der Waals surface area contributed by atoms with Crippen molar-refractivity contribution >= 4 is 0 Å². The van der Waals surface area contributed by atoms with Crippen LogP contribution in [0.3, 0.4) is 0 Å². The molecule has 1 saturated carbocycles. The fraction of sp³-hybridized carbons (Fsp3) is 0.667. The topological polar surface area (TPSA) is 21.3 Å². The van der Waals surface area contributed by atoms with Gasteiger partial charge in [0, 0.05) is 0 Å². The molecule has 2 atom stereocenters. The summed E-state index contributed by atoms with van der Waals surface area (Å²) >= 11 is 0.